The van der Waals surface area contributed by atoms with Crippen molar-refractivity contribution in [1.82, 2.24) is 15.2 Å². The zero-order valence-electron chi connectivity index (χ0n) is 14.9. The van der Waals surface area contributed by atoms with Crippen LogP contribution in [0.5, 0.6) is 0 Å². The Hall–Kier alpha value is -0.410. The van der Waals surface area contributed by atoms with E-state index in [1.54, 1.807) is 11.3 Å². The van der Waals surface area contributed by atoms with Gasteiger partial charge in [0.15, 0.2) is 5.96 Å². The molecule has 5 nitrogen and oxygen atoms in total. The molecule has 0 bridgehead atoms. The van der Waals surface area contributed by atoms with Gasteiger partial charge in [0.25, 0.3) is 0 Å². The SMILES string of the molecule is CCNC(=NCC(CC)(CC)CO)N(C)Cc1csc(C)n1.I. The van der Waals surface area contributed by atoms with Crippen LogP contribution >= 0.6 is 35.3 Å². The van der Waals surface area contributed by atoms with Crippen LogP contribution in [-0.2, 0) is 6.54 Å². The first-order valence-corrected chi connectivity index (χ1v) is 8.89. The lowest BCUT2D eigenvalue weighted by atomic mass is 9.83. The highest BCUT2D eigenvalue weighted by molar-refractivity contribution is 14.0. The summed E-state index contributed by atoms with van der Waals surface area (Å²) < 4.78 is 0. The molecule has 1 rings (SSSR count). The van der Waals surface area contributed by atoms with Crippen LogP contribution in [0.4, 0.5) is 0 Å². The number of halogens is 1. The number of guanidine groups is 1. The minimum atomic E-state index is -0.112. The number of nitrogens with zero attached hydrogens (tertiary/aromatic N) is 3. The lowest BCUT2D eigenvalue weighted by molar-refractivity contribution is 0.123. The lowest BCUT2D eigenvalue weighted by Crippen LogP contribution is -2.40. The molecule has 7 heteroatoms. The highest BCUT2D eigenvalue weighted by Gasteiger charge is 2.25. The van der Waals surface area contributed by atoms with Gasteiger partial charge in [-0.1, -0.05) is 13.8 Å². The van der Waals surface area contributed by atoms with Crippen LogP contribution in [0.1, 0.15) is 44.3 Å². The first-order valence-electron chi connectivity index (χ1n) is 8.01. The Bertz CT molecular complexity index is 466. The summed E-state index contributed by atoms with van der Waals surface area (Å²) in [5.41, 5.74) is 0.952. The summed E-state index contributed by atoms with van der Waals surface area (Å²) in [6.45, 7) is 10.7. The number of thiazole rings is 1. The Kier molecular flexibility index (Phi) is 11.0. The molecule has 0 aliphatic carbocycles. The molecule has 0 saturated carbocycles. The summed E-state index contributed by atoms with van der Waals surface area (Å²) in [4.78, 5) is 11.3. The molecule has 134 valence electrons. The highest BCUT2D eigenvalue weighted by Crippen LogP contribution is 2.26. The quantitative estimate of drug-likeness (QED) is 0.360. The maximum atomic E-state index is 9.68. The molecule has 0 fully saturated rings. The Balaban J connectivity index is 0.00000484. The summed E-state index contributed by atoms with van der Waals surface area (Å²) in [7, 11) is 2.02. The standard InChI is InChI=1S/C16H30N4OS.HI/c1-6-16(7-2,12-21)11-18-15(17-8-3)20(5)9-14-10-22-13(4)19-14;/h10,21H,6-9,11-12H2,1-5H3,(H,17,18);1H. The fourth-order valence-electron chi connectivity index (χ4n) is 2.26. The van der Waals surface area contributed by atoms with E-state index in [2.05, 4.69) is 41.4 Å². The van der Waals surface area contributed by atoms with Crippen LogP contribution in [0.2, 0.25) is 0 Å². The predicted molar refractivity (Wildman–Crippen MR) is 110 cm³/mol. The summed E-state index contributed by atoms with van der Waals surface area (Å²) in [5.74, 6) is 0.868. The number of rotatable bonds is 8. The van der Waals surface area contributed by atoms with Crippen molar-refractivity contribution >= 4 is 41.3 Å². The number of hydrogen-bond acceptors (Lipinski definition) is 4. The second-order valence-electron chi connectivity index (χ2n) is 5.75. The van der Waals surface area contributed by atoms with Gasteiger partial charge >= 0.3 is 0 Å². The molecule has 23 heavy (non-hydrogen) atoms. The van der Waals surface area contributed by atoms with E-state index in [0.29, 0.717) is 6.54 Å². The fraction of sp³-hybridized carbons (Fsp3) is 0.750. The van der Waals surface area contributed by atoms with Crippen LogP contribution in [-0.4, -0.2) is 47.7 Å². The normalized spacial score (nSPS) is 12.0. The zero-order chi connectivity index (χ0) is 16.6. The van der Waals surface area contributed by atoms with Crippen molar-refractivity contribution in [3.63, 3.8) is 0 Å². The van der Waals surface area contributed by atoms with E-state index in [1.165, 1.54) is 0 Å². The molecule has 0 unspecified atom stereocenters. The minimum Gasteiger partial charge on any atom is -0.396 e. The molecule has 0 aliphatic heterocycles. The van der Waals surface area contributed by atoms with Gasteiger partial charge < -0.3 is 15.3 Å². The van der Waals surface area contributed by atoms with Gasteiger partial charge in [0.2, 0.25) is 0 Å². The summed E-state index contributed by atoms with van der Waals surface area (Å²) in [6.07, 6.45) is 1.86. The second-order valence-corrected chi connectivity index (χ2v) is 6.81. The summed E-state index contributed by atoms with van der Waals surface area (Å²) in [6, 6.07) is 0. The van der Waals surface area contributed by atoms with E-state index in [9.17, 15) is 5.11 Å². The molecule has 0 aliphatic rings. The van der Waals surface area contributed by atoms with Crippen molar-refractivity contribution in [2.24, 2.45) is 10.4 Å². The predicted octanol–water partition coefficient (Wildman–Crippen LogP) is 3.27. The van der Waals surface area contributed by atoms with Crippen LogP contribution in [0.3, 0.4) is 0 Å². The molecule has 2 N–H and O–H groups in total. The van der Waals surface area contributed by atoms with Crippen molar-refractivity contribution in [2.45, 2.75) is 47.1 Å². The molecule has 1 aromatic rings. The fourth-order valence-corrected chi connectivity index (χ4v) is 2.86. The van der Waals surface area contributed by atoms with E-state index in [4.69, 9.17) is 4.99 Å². The van der Waals surface area contributed by atoms with Crippen LogP contribution in [0.15, 0.2) is 10.4 Å². The lowest BCUT2D eigenvalue weighted by Gasteiger charge is -2.29. The van der Waals surface area contributed by atoms with E-state index in [1.807, 2.05) is 14.0 Å². The number of hydrogen-bond donors (Lipinski definition) is 2. The van der Waals surface area contributed by atoms with E-state index in [0.717, 1.165) is 42.6 Å². The average Bonchev–Trinajstić information content (AvgIpc) is 2.93. The van der Waals surface area contributed by atoms with Gasteiger partial charge in [-0.3, -0.25) is 4.99 Å². The molecule has 0 aromatic carbocycles. The number of aliphatic hydroxyl groups excluding tert-OH is 1. The van der Waals surface area contributed by atoms with Crippen LogP contribution in [0, 0.1) is 12.3 Å². The maximum absolute atomic E-state index is 9.68. The van der Waals surface area contributed by atoms with E-state index >= 15 is 0 Å². The molecule has 1 aromatic heterocycles. The highest BCUT2D eigenvalue weighted by atomic mass is 127. The average molecular weight is 454 g/mol. The van der Waals surface area contributed by atoms with Crippen molar-refractivity contribution in [3.8, 4) is 0 Å². The number of aryl methyl sites for hydroxylation is 1. The maximum Gasteiger partial charge on any atom is 0.194 e. The second kappa shape index (κ2) is 11.2. The van der Waals surface area contributed by atoms with Gasteiger partial charge in [-0.2, -0.15) is 0 Å². The zero-order valence-corrected chi connectivity index (χ0v) is 18.1. The van der Waals surface area contributed by atoms with Gasteiger partial charge in [-0.15, -0.1) is 35.3 Å². The van der Waals surface area contributed by atoms with Crippen molar-refractivity contribution in [3.05, 3.63) is 16.1 Å². The number of aliphatic imine (C=N–C) groups is 1. The van der Waals surface area contributed by atoms with E-state index in [-0.39, 0.29) is 36.0 Å². The third-order valence-electron chi connectivity index (χ3n) is 4.16. The Morgan fingerprint density at radius 2 is 2.04 bits per heavy atom. The largest absolute Gasteiger partial charge is 0.396 e. The van der Waals surface area contributed by atoms with Gasteiger partial charge in [-0.05, 0) is 26.7 Å². The molecular weight excluding hydrogens is 423 g/mol. The first kappa shape index (κ1) is 22.6. The van der Waals surface area contributed by atoms with Gasteiger partial charge in [-0.25, -0.2) is 4.98 Å². The Labute approximate surface area is 161 Å². The molecule has 1 heterocycles. The van der Waals surface area contributed by atoms with Crippen LogP contribution < -0.4 is 5.32 Å². The third-order valence-corrected chi connectivity index (χ3v) is 4.98. The topological polar surface area (TPSA) is 60.8 Å². The first-order chi connectivity index (χ1) is 10.5. The van der Waals surface area contributed by atoms with Gasteiger partial charge in [0.05, 0.1) is 30.4 Å². The van der Waals surface area contributed by atoms with Crippen molar-refractivity contribution in [2.75, 3.05) is 26.7 Å². The Morgan fingerprint density at radius 3 is 2.48 bits per heavy atom. The molecular formula is C16H31IN4OS. The molecule has 0 saturated heterocycles. The summed E-state index contributed by atoms with van der Waals surface area (Å²) >= 11 is 1.67. The van der Waals surface area contributed by atoms with Crippen molar-refractivity contribution < 1.29 is 5.11 Å². The molecule has 0 spiro atoms. The van der Waals surface area contributed by atoms with Gasteiger partial charge in [0.1, 0.15) is 0 Å². The molecule has 0 amide bonds. The Morgan fingerprint density at radius 1 is 1.39 bits per heavy atom. The van der Waals surface area contributed by atoms with Crippen LogP contribution in [0.25, 0.3) is 0 Å². The van der Waals surface area contributed by atoms with Gasteiger partial charge in [0, 0.05) is 24.4 Å². The molecule has 0 radical (unpaired) electrons. The smallest absolute Gasteiger partial charge is 0.194 e. The number of aromatic nitrogens is 1. The number of nitrogens with one attached hydrogen (secondary N) is 1. The summed E-state index contributed by atoms with van der Waals surface area (Å²) in [5, 5.41) is 16.2. The number of aliphatic hydroxyl groups is 1. The monoisotopic (exact) mass is 454 g/mol. The van der Waals surface area contributed by atoms with Crippen molar-refractivity contribution in [1.29, 1.82) is 0 Å². The third kappa shape index (κ3) is 6.93. The van der Waals surface area contributed by atoms with E-state index < -0.39 is 0 Å². The minimum absolute atomic E-state index is 0. The molecule has 0 atom stereocenters.